The number of aromatic nitrogens is 2. The van der Waals surface area contributed by atoms with Crippen LogP contribution in [0.3, 0.4) is 0 Å². The third-order valence-corrected chi connectivity index (χ3v) is 2.12. The van der Waals surface area contributed by atoms with Crippen molar-refractivity contribution in [3.05, 3.63) is 22.7 Å². The zero-order valence-corrected chi connectivity index (χ0v) is 8.92. The second-order valence-corrected chi connectivity index (χ2v) is 3.21. The quantitative estimate of drug-likeness (QED) is 0.595. The number of nitrogens with one attached hydrogen (secondary N) is 1. The van der Waals surface area contributed by atoms with Crippen LogP contribution in [0.2, 0.25) is 0 Å². The maximum absolute atomic E-state index is 11.6. The molecule has 4 nitrogen and oxygen atoms in total. The fourth-order valence-corrected chi connectivity index (χ4v) is 1.22. The summed E-state index contributed by atoms with van der Waals surface area (Å²) in [6.07, 6.45) is 4.12. The lowest BCUT2D eigenvalue weighted by Crippen LogP contribution is -2.24. The molecule has 0 spiro atoms. The lowest BCUT2D eigenvalue weighted by Gasteiger charge is -2.05. The van der Waals surface area contributed by atoms with Gasteiger partial charge in [0.25, 0.3) is 5.56 Å². The number of aryl methyl sites for hydroxylation is 1. The molecule has 5 heteroatoms. The van der Waals surface area contributed by atoms with E-state index in [0.29, 0.717) is 24.8 Å². The lowest BCUT2D eigenvalue weighted by atomic mass is 10.4. The predicted molar refractivity (Wildman–Crippen MR) is 58.0 cm³/mol. The smallest absolute Gasteiger partial charge is 0.293 e. The highest BCUT2D eigenvalue weighted by Gasteiger charge is 2.01. The Labute approximate surface area is 87.9 Å². The largest absolute Gasteiger partial charge is 0.365 e. The van der Waals surface area contributed by atoms with Crippen molar-refractivity contribution >= 4 is 17.4 Å². The normalized spacial score (nSPS) is 10.1. The van der Waals surface area contributed by atoms with Crippen LogP contribution in [0.4, 0.5) is 5.82 Å². The Bertz CT molecular complexity index is 337. The molecule has 0 saturated heterocycles. The van der Waals surface area contributed by atoms with Gasteiger partial charge in [-0.05, 0) is 13.3 Å². The second-order valence-electron chi connectivity index (χ2n) is 2.84. The van der Waals surface area contributed by atoms with Gasteiger partial charge in [0.15, 0.2) is 5.82 Å². The molecule has 1 N–H and O–H groups in total. The summed E-state index contributed by atoms with van der Waals surface area (Å²) in [7, 11) is 0. The van der Waals surface area contributed by atoms with Crippen LogP contribution in [-0.4, -0.2) is 22.0 Å². The minimum Gasteiger partial charge on any atom is -0.365 e. The Morgan fingerprint density at radius 2 is 2.43 bits per heavy atom. The van der Waals surface area contributed by atoms with Gasteiger partial charge < -0.3 is 9.88 Å². The highest BCUT2D eigenvalue weighted by Crippen LogP contribution is 1.93. The van der Waals surface area contributed by atoms with Crippen molar-refractivity contribution in [2.75, 3.05) is 17.7 Å². The first-order valence-corrected chi connectivity index (χ1v) is 5.18. The summed E-state index contributed by atoms with van der Waals surface area (Å²) in [5, 5.41) is 2.96. The number of halogens is 1. The van der Waals surface area contributed by atoms with Crippen molar-refractivity contribution < 1.29 is 0 Å². The van der Waals surface area contributed by atoms with Crippen molar-refractivity contribution in [1.82, 2.24) is 9.55 Å². The number of alkyl halides is 1. The summed E-state index contributed by atoms with van der Waals surface area (Å²) in [4.78, 5) is 15.6. The fourth-order valence-electron chi connectivity index (χ4n) is 1.09. The number of anilines is 1. The molecular weight excluding hydrogens is 202 g/mol. The van der Waals surface area contributed by atoms with Gasteiger partial charge in [-0.15, -0.1) is 11.6 Å². The van der Waals surface area contributed by atoms with Crippen LogP contribution in [0.15, 0.2) is 17.2 Å². The van der Waals surface area contributed by atoms with Gasteiger partial charge in [0.1, 0.15) is 0 Å². The summed E-state index contributed by atoms with van der Waals surface area (Å²) >= 11 is 5.52. The summed E-state index contributed by atoms with van der Waals surface area (Å²) in [6, 6.07) is 0. The molecule has 0 aliphatic heterocycles. The Morgan fingerprint density at radius 1 is 1.64 bits per heavy atom. The predicted octanol–water partition coefficient (Wildman–Crippen LogP) is 1.30. The van der Waals surface area contributed by atoms with Crippen LogP contribution in [0.5, 0.6) is 0 Å². The van der Waals surface area contributed by atoms with E-state index >= 15 is 0 Å². The summed E-state index contributed by atoms with van der Waals surface area (Å²) < 4.78 is 1.61. The zero-order chi connectivity index (χ0) is 10.4. The molecule has 0 saturated carbocycles. The molecule has 1 aromatic heterocycles. The average molecular weight is 216 g/mol. The molecule has 0 atom stereocenters. The van der Waals surface area contributed by atoms with Crippen LogP contribution in [0.25, 0.3) is 0 Å². The molecule has 0 aliphatic rings. The fraction of sp³-hybridized carbons (Fsp3) is 0.556. The molecule has 0 radical (unpaired) electrons. The average Bonchev–Trinajstić information content (AvgIpc) is 2.21. The van der Waals surface area contributed by atoms with Gasteiger partial charge in [0.05, 0.1) is 0 Å². The maximum atomic E-state index is 11.6. The van der Waals surface area contributed by atoms with E-state index in [1.165, 1.54) is 0 Å². The van der Waals surface area contributed by atoms with Crippen molar-refractivity contribution in [2.24, 2.45) is 0 Å². The number of rotatable bonds is 5. The van der Waals surface area contributed by atoms with E-state index in [1.807, 2.05) is 6.92 Å². The zero-order valence-electron chi connectivity index (χ0n) is 8.16. The van der Waals surface area contributed by atoms with E-state index in [4.69, 9.17) is 11.6 Å². The molecule has 0 aliphatic carbocycles. The summed E-state index contributed by atoms with van der Waals surface area (Å²) in [5.74, 6) is 0.987. The van der Waals surface area contributed by atoms with E-state index < -0.39 is 0 Å². The second kappa shape index (κ2) is 5.65. The van der Waals surface area contributed by atoms with Gasteiger partial charge in [-0.3, -0.25) is 4.79 Å². The van der Waals surface area contributed by atoms with Crippen LogP contribution >= 0.6 is 11.6 Å². The topological polar surface area (TPSA) is 46.9 Å². The van der Waals surface area contributed by atoms with Crippen molar-refractivity contribution in [3.8, 4) is 0 Å². The highest BCUT2D eigenvalue weighted by molar-refractivity contribution is 6.17. The monoisotopic (exact) mass is 215 g/mol. The van der Waals surface area contributed by atoms with E-state index in [9.17, 15) is 4.79 Å². The van der Waals surface area contributed by atoms with E-state index in [2.05, 4.69) is 10.3 Å². The van der Waals surface area contributed by atoms with Gasteiger partial charge in [0, 0.05) is 31.4 Å². The molecule has 0 fully saturated rings. The SMILES string of the molecule is CCn1ccnc(NCCCCl)c1=O. The molecule has 1 rings (SSSR count). The van der Waals surface area contributed by atoms with Crippen LogP contribution in [0.1, 0.15) is 13.3 Å². The standard InChI is InChI=1S/C9H14ClN3O/c1-2-13-7-6-12-8(9(13)14)11-5-3-4-10/h6-7H,2-5H2,1H3,(H,11,12). The lowest BCUT2D eigenvalue weighted by molar-refractivity contribution is 0.718. The molecule has 0 bridgehead atoms. The number of hydrogen-bond acceptors (Lipinski definition) is 3. The van der Waals surface area contributed by atoms with Crippen molar-refractivity contribution in [2.45, 2.75) is 19.9 Å². The highest BCUT2D eigenvalue weighted by atomic mass is 35.5. The maximum Gasteiger partial charge on any atom is 0.293 e. The van der Waals surface area contributed by atoms with E-state index in [0.717, 1.165) is 6.42 Å². The molecule has 78 valence electrons. The third-order valence-electron chi connectivity index (χ3n) is 1.86. The first-order chi connectivity index (χ1) is 6.79. The summed E-state index contributed by atoms with van der Waals surface area (Å²) in [6.45, 7) is 3.26. The van der Waals surface area contributed by atoms with Gasteiger partial charge in [-0.1, -0.05) is 0 Å². The van der Waals surface area contributed by atoms with E-state index in [1.54, 1.807) is 17.0 Å². The molecule has 1 aromatic rings. The van der Waals surface area contributed by atoms with Gasteiger partial charge >= 0.3 is 0 Å². The van der Waals surface area contributed by atoms with Crippen molar-refractivity contribution in [3.63, 3.8) is 0 Å². The van der Waals surface area contributed by atoms with Crippen LogP contribution in [0, 0.1) is 0 Å². The first-order valence-electron chi connectivity index (χ1n) is 4.65. The molecule has 14 heavy (non-hydrogen) atoms. The summed E-state index contributed by atoms with van der Waals surface area (Å²) in [5.41, 5.74) is -0.0791. The van der Waals surface area contributed by atoms with Gasteiger partial charge in [-0.2, -0.15) is 0 Å². The Kier molecular flexibility index (Phi) is 4.46. The van der Waals surface area contributed by atoms with E-state index in [-0.39, 0.29) is 5.56 Å². The van der Waals surface area contributed by atoms with Crippen LogP contribution in [-0.2, 0) is 6.54 Å². The van der Waals surface area contributed by atoms with Gasteiger partial charge in [0.2, 0.25) is 0 Å². The Hall–Kier alpha value is -1.03. The molecule has 1 heterocycles. The Morgan fingerprint density at radius 3 is 3.07 bits per heavy atom. The number of hydrogen-bond donors (Lipinski definition) is 1. The molecule has 0 unspecified atom stereocenters. The first kappa shape index (κ1) is 11.0. The minimum atomic E-state index is -0.0791. The Balaban J connectivity index is 2.72. The third kappa shape index (κ3) is 2.73. The molecule has 0 aromatic carbocycles. The van der Waals surface area contributed by atoms with Gasteiger partial charge in [-0.25, -0.2) is 4.98 Å². The molecular formula is C9H14ClN3O. The van der Waals surface area contributed by atoms with Crippen molar-refractivity contribution in [1.29, 1.82) is 0 Å². The number of nitrogens with zero attached hydrogens (tertiary/aromatic N) is 2. The van der Waals surface area contributed by atoms with Crippen LogP contribution < -0.4 is 10.9 Å². The minimum absolute atomic E-state index is 0.0791. The molecule has 0 amide bonds.